The number of nitrogens with two attached hydrogens (primary N) is 1. The molecule has 0 aromatic carbocycles. The molecule has 0 bridgehead atoms. The van der Waals surface area contributed by atoms with Gasteiger partial charge in [-0.3, -0.25) is 0 Å². The molecular weight excluding hydrogens is 239 g/mol. The van der Waals surface area contributed by atoms with E-state index in [1.807, 2.05) is 0 Å². The van der Waals surface area contributed by atoms with Crippen LogP contribution in [-0.4, -0.2) is 6.18 Å². The Labute approximate surface area is 74.7 Å². The Morgan fingerprint density at radius 1 is 1.50 bits per heavy atom. The van der Waals surface area contributed by atoms with Crippen molar-refractivity contribution < 1.29 is 17.6 Å². The smallest absolute Gasteiger partial charge is 0.407 e. The van der Waals surface area contributed by atoms with E-state index in [4.69, 9.17) is 5.73 Å². The molecule has 1 rings (SSSR count). The number of rotatable bonds is 1. The van der Waals surface area contributed by atoms with Gasteiger partial charge in [-0.1, -0.05) is 0 Å². The van der Waals surface area contributed by atoms with E-state index in [1.165, 1.54) is 6.07 Å². The molecule has 0 aliphatic carbocycles. The van der Waals surface area contributed by atoms with Crippen molar-refractivity contribution in [3.63, 3.8) is 0 Å². The van der Waals surface area contributed by atoms with Crippen LogP contribution in [-0.2, 0) is 0 Å². The zero-order valence-corrected chi connectivity index (χ0v) is 7.32. The lowest BCUT2D eigenvalue weighted by molar-refractivity contribution is -0.149. The van der Waals surface area contributed by atoms with Crippen LogP contribution < -0.4 is 5.73 Å². The summed E-state index contributed by atoms with van der Waals surface area (Å²) in [6, 6.07) is -0.787. The predicted molar refractivity (Wildman–Crippen MR) is 39.4 cm³/mol. The highest BCUT2D eigenvalue weighted by molar-refractivity contribution is 9.10. The zero-order chi connectivity index (χ0) is 9.35. The van der Waals surface area contributed by atoms with E-state index in [0.29, 0.717) is 0 Å². The highest BCUT2D eigenvalue weighted by Crippen LogP contribution is 2.32. The average Bonchev–Trinajstić information content (AvgIpc) is 2.32. The first-order chi connectivity index (χ1) is 5.41. The lowest BCUT2D eigenvalue weighted by Crippen LogP contribution is -2.27. The summed E-state index contributed by atoms with van der Waals surface area (Å²) in [6.07, 6.45) is -3.45. The van der Waals surface area contributed by atoms with Crippen LogP contribution >= 0.6 is 15.9 Å². The summed E-state index contributed by atoms with van der Waals surface area (Å²) in [7, 11) is 0. The Bertz CT molecular complexity index is 270. The third-order valence-corrected chi connectivity index (χ3v) is 1.72. The van der Waals surface area contributed by atoms with Crippen molar-refractivity contribution in [3.8, 4) is 0 Å². The number of hydrogen-bond donors (Lipinski definition) is 1. The summed E-state index contributed by atoms with van der Waals surface area (Å²) >= 11 is 2.88. The van der Waals surface area contributed by atoms with Crippen molar-refractivity contribution in [1.82, 2.24) is 0 Å². The van der Waals surface area contributed by atoms with E-state index in [0.717, 1.165) is 6.26 Å². The minimum absolute atomic E-state index is 0.0885. The molecule has 0 radical (unpaired) electrons. The third kappa shape index (κ3) is 2.01. The summed E-state index contributed by atoms with van der Waals surface area (Å²) in [5, 5.41) is 0. The first-order valence-corrected chi connectivity index (χ1v) is 3.77. The molecule has 0 saturated carbocycles. The molecule has 0 unspecified atom stereocenters. The Hall–Kier alpha value is -0.490. The van der Waals surface area contributed by atoms with E-state index < -0.39 is 12.2 Å². The molecular formula is C6H5BrF3NO. The number of halogens is 4. The van der Waals surface area contributed by atoms with Crippen LogP contribution in [0.2, 0.25) is 0 Å². The highest BCUT2D eigenvalue weighted by atomic mass is 79.9. The third-order valence-electron chi connectivity index (χ3n) is 1.30. The van der Waals surface area contributed by atoms with E-state index in [9.17, 15) is 13.2 Å². The van der Waals surface area contributed by atoms with Gasteiger partial charge in [0.2, 0.25) is 0 Å². The first-order valence-electron chi connectivity index (χ1n) is 2.97. The zero-order valence-electron chi connectivity index (χ0n) is 5.73. The molecule has 0 aliphatic heterocycles. The van der Waals surface area contributed by atoms with E-state index in [-0.39, 0.29) is 10.2 Å². The maximum Gasteiger partial charge on any atom is 0.407 e. The second kappa shape index (κ2) is 3.10. The molecule has 2 N–H and O–H groups in total. The molecule has 1 heterocycles. The van der Waals surface area contributed by atoms with Crippen molar-refractivity contribution in [1.29, 1.82) is 0 Å². The van der Waals surface area contributed by atoms with Gasteiger partial charge in [0, 0.05) is 5.56 Å². The topological polar surface area (TPSA) is 39.2 Å². The van der Waals surface area contributed by atoms with Gasteiger partial charge in [0.25, 0.3) is 0 Å². The van der Waals surface area contributed by atoms with Gasteiger partial charge in [-0.2, -0.15) is 13.2 Å². The molecule has 2 nitrogen and oxygen atoms in total. The number of alkyl halides is 3. The molecule has 12 heavy (non-hydrogen) atoms. The summed E-state index contributed by atoms with van der Waals surface area (Å²) in [4.78, 5) is 0. The van der Waals surface area contributed by atoms with Gasteiger partial charge in [-0.25, -0.2) is 0 Å². The normalized spacial score (nSPS) is 14.8. The lowest BCUT2D eigenvalue weighted by atomic mass is 10.1. The van der Waals surface area contributed by atoms with Crippen LogP contribution in [0, 0.1) is 0 Å². The van der Waals surface area contributed by atoms with Crippen molar-refractivity contribution in [2.24, 2.45) is 5.73 Å². The molecule has 1 aromatic heterocycles. The van der Waals surface area contributed by atoms with Gasteiger partial charge in [-0.15, -0.1) is 0 Å². The minimum Gasteiger partial charge on any atom is -0.457 e. The second-order valence-electron chi connectivity index (χ2n) is 2.20. The molecule has 0 saturated heterocycles. The van der Waals surface area contributed by atoms with E-state index >= 15 is 0 Å². The van der Waals surface area contributed by atoms with Crippen LogP contribution in [0.4, 0.5) is 13.2 Å². The summed E-state index contributed by atoms with van der Waals surface area (Å²) in [6.45, 7) is 0. The van der Waals surface area contributed by atoms with Crippen LogP contribution in [0.15, 0.2) is 21.4 Å². The molecule has 1 atom stereocenters. The molecule has 6 heteroatoms. The maximum atomic E-state index is 12.0. The molecule has 0 fully saturated rings. The Balaban J connectivity index is 2.85. The molecule has 0 amide bonds. The van der Waals surface area contributed by atoms with Crippen molar-refractivity contribution in [3.05, 3.63) is 22.6 Å². The Kier molecular flexibility index (Phi) is 2.48. The Morgan fingerprint density at radius 2 is 2.08 bits per heavy atom. The highest BCUT2D eigenvalue weighted by Gasteiger charge is 2.38. The van der Waals surface area contributed by atoms with Crippen molar-refractivity contribution in [2.45, 2.75) is 12.2 Å². The van der Waals surface area contributed by atoms with Crippen LogP contribution in [0.25, 0.3) is 0 Å². The van der Waals surface area contributed by atoms with Crippen LogP contribution in [0.3, 0.4) is 0 Å². The predicted octanol–water partition coefficient (Wildman–Crippen LogP) is 2.60. The fourth-order valence-corrected chi connectivity index (χ4v) is 1.03. The largest absolute Gasteiger partial charge is 0.457 e. The lowest BCUT2D eigenvalue weighted by Gasteiger charge is -2.12. The fourth-order valence-electron chi connectivity index (χ4n) is 0.675. The van der Waals surface area contributed by atoms with Gasteiger partial charge in [0.05, 0.1) is 6.26 Å². The van der Waals surface area contributed by atoms with Crippen LogP contribution in [0.1, 0.15) is 11.6 Å². The fraction of sp³-hybridized carbons (Fsp3) is 0.333. The monoisotopic (exact) mass is 243 g/mol. The van der Waals surface area contributed by atoms with E-state index in [2.05, 4.69) is 20.3 Å². The van der Waals surface area contributed by atoms with Crippen molar-refractivity contribution >= 4 is 15.9 Å². The van der Waals surface area contributed by atoms with Crippen LogP contribution in [0.5, 0.6) is 0 Å². The quantitative estimate of drug-likeness (QED) is 0.824. The van der Waals surface area contributed by atoms with Gasteiger partial charge in [-0.05, 0) is 22.0 Å². The summed E-state index contributed by atoms with van der Waals surface area (Å²) < 4.78 is 40.7. The number of hydrogen-bond acceptors (Lipinski definition) is 2. The summed E-state index contributed by atoms with van der Waals surface area (Å²) in [5.74, 6) is 0. The van der Waals surface area contributed by atoms with Gasteiger partial charge >= 0.3 is 6.18 Å². The van der Waals surface area contributed by atoms with Gasteiger partial charge in [0.1, 0.15) is 6.04 Å². The molecule has 0 aliphatic rings. The van der Waals surface area contributed by atoms with Crippen molar-refractivity contribution in [2.75, 3.05) is 0 Å². The molecule has 68 valence electrons. The number of furan rings is 1. The average molecular weight is 244 g/mol. The molecule has 1 aromatic rings. The minimum atomic E-state index is -4.43. The van der Waals surface area contributed by atoms with E-state index in [1.54, 1.807) is 0 Å². The Morgan fingerprint density at radius 3 is 2.42 bits per heavy atom. The SMILES string of the molecule is N[C@@H](c1coc(Br)c1)C(F)(F)F. The molecule has 0 spiro atoms. The first kappa shape index (κ1) is 9.60. The summed E-state index contributed by atoms with van der Waals surface area (Å²) in [5.41, 5.74) is 4.79. The standard InChI is InChI=1S/C6H5BrF3NO/c7-4-1-3(2-12-4)5(11)6(8,9)10/h1-2,5H,11H2/t5-/m0/s1. The van der Waals surface area contributed by atoms with Gasteiger partial charge in [0.15, 0.2) is 4.67 Å². The second-order valence-corrected chi connectivity index (χ2v) is 2.99. The van der Waals surface area contributed by atoms with Gasteiger partial charge < -0.3 is 10.2 Å². The maximum absolute atomic E-state index is 12.0.